The predicted octanol–water partition coefficient (Wildman–Crippen LogP) is 5.06. The molecule has 172 valence electrons. The number of nitrogens with one attached hydrogen (secondary N) is 1. The fraction of sp³-hybridized carbons (Fsp3) is 0.160. The van der Waals surface area contributed by atoms with E-state index in [0.717, 1.165) is 5.56 Å². The number of hydrogen-bond acceptors (Lipinski definition) is 6. The number of aliphatic hydroxyl groups excluding tert-OH is 1. The van der Waals surface area contributed by atoms with Crippen molar-refractivity contribution in [2.45, 2.75) is 19.9 Å². The fourth-order valence-corrected chi connectivity index (χ4v) is 4.31. The number of aryl methyl sites for hydroxylation is 2. The van der Waals surface area contributed by atoms with Crippen LogP contribution >= 0.6 is 11.6 Å². The summed E-state index contributed by atoms with van der Waals surface area (Å²) in [5.74, 6) is -0.692. The normalized spacial score (nSPS) is 17.6. The molecule has 5 rings (SSSR count). The second-order valence-electron chi connectivity index (χ2n) is 8.04. The third-order valence-corrected chi connectivity index (χ3v) is 6.09. The van der Waals surface area contributed by atoms with Crippen LogP contribution in [-0.2, 0) is 9.59 Å². The molecule has 9 heteroatoms. The molecule has 1 saturated heterocycles. The van der Waals surface area contributed by atoms with Gasteiger partial charge < -0.3 is 19.2 Å². The van der Waals surface area contributed by atoms with E-state index in [1.54, 1.807) is 31.2 Å². The number of rotatable bonds is 4. The van der Waals surface area contributed by atoms with Crippen molar-refractivity contribution in [3.05, 3.63) is 81.8 Å². The van der Waals surface area contributed by atoms with Gasteiger partial charge in [0.15, 0.2) is 0 Å². The van der Waals surface area contributed by atoms with Gasteiger partial charge in [0.25, 0.3) is 5.78 Å². The van der Waals surface area contributed by atoms with Crippen molar-refractivity contribution in [1.82, 2.24) is 9.97 Å². The molecule has 1 amide bonds. The van der Waals surface area contributed by atoms with Gasteiger partial charge in [0.05, 0.1) is 28.7 Å². The molecule has 4 aromatic rings. The number of methoxy groups -OCH3 is 1. The van der Waals surface area contributed by atoms with Gasteiger partial charge in [-0.25, -0.2) is 4.98 Å². The molecule has 8 nitrogen and oxygen atoms in total. The number of carbonyl (C=O) groups is 2. The highest BCUT2D eigenvalue weighted by Gasteiger charge is 2.49. The van der Waals surface area contributed by atoms with Crippen molar-refractivity contribution >= 4 is 46.0 Å². The first kappa shape index (κ1) is 21.8. The van der Waals surface area contributed by atoms with Gasteiger partial charge in [0.1, 0.15) is 29.1 Å². The second kappa shape index (κ2) is 8.07. The maximum absolute atomic E-state index is 13.3. The summed E-state index contributed by atoms with van der Waals surface area (Å²) in [4.78, 5) is 35.4. The number of fused-ring (bicyclic) bond motifs is 1. The Morgan fingerprint density at radius 2 is 1.94 bits per heavy atom. The molecule has 1 aliphatic rings. The van der Waals surface area contributed by atoms with Crippen LogP contribution in [0, 0.1) is 13.8 Å². The summed E-state index contributed by atoms with van der Waals surface area (Å²) in [6.45, 7) is 3.69. The summed E-state index contributed by atoms with van der Waals surface area (Å²) in [5.41, 5.74) is 2.35. The van der Waals surface area contributed by atoms with Crippen LogP contribution in [0.25, 0.3) is 16.8 Å². The Hall–Kier alpha value is -4.04. The third-order valence-electron chi connectivity index (χ3n) is 5.76. The summed E-state index contributed by atoms with van der Waals surface area (Å²) >= 11 is 6.33. The molecule has 0 saturated carbocycles. The van der Waals surface area contributed by atoms with E-state index in [0.29, 0.717) is 28.3 Å². The first-order valence-corrected chi connectivity index (χ1v) is 10.8. The lowest BCUT2D eigenvalue weighted by Crippen LogP contribution is -2.30. The van der Waals surface area contributed by atoms with E-state index in [-0.39, 0.29) is 22.1 Å². The quantitative estimate of drug-likeness (QED) is 0.241. The first-order valence-electron chi connectivity index (χ1n) is 10.5. The zero-order valence-corrected chi connectivity index (χ0v) is 19.3. The number of benzene rings is 2. The number of ether oxygens (including phenoxy) is 1. The molecule has 34 heavy (non-hydrogen) atoms. The van der Waals surface area contributed by atoms with Crippen LogP contribution in [-0.4, -0.2) is 33.9 Å². The Kier molecular flexibility index (Phi) is 5.17. The monoisotopic (exact) mass is 477 g/mol. The van der Waals surface area contributed by atoms with Gasteiger partial charge in [0, 0.05) is 5.56 Å². The van der Waals surface area contributed by atoms with Gasteiger partial charge in [-0.2, -0.15) is 0 Å². The van der Waals surface area contributed by atoms with Gasteiger partial charge in [-0.3, -0.25) is 14.5 Å². The van der Waals surface area contributed by atoms with Crippen molar-refractivity contribution in [2.75, 3.05) is 12.0 Å². The van der Waals surface area contributed by atoms with E-state index in [9.17, 15) is 14.7 Å². The summed E-state index contributed by atoms with van der Waals surface area (Å²) < 4.78 is 11.0. The van der Waals surface area contributed by atoms with Gasteiger partial charge in [0.2, 0.25) is 5.95 Å². The summed E-state index contributed by atoms with van der Waals surface area (Å²) in [6, 6.07) is 12.6. The largest absolute Gasteiger partial charge is 0.507 e. The van der Waals surface area contributed by atoms with Crippen molar-refractivity contribution in [3.8, 4) is 5.75 Å². The molecule has 1 atom stereocenters. The molecule has 2 aromatic heterocycles. The number of nitrogens with zero attached hydrogens (tertiary/aromatic N) is 2. The molecular formula is C25H20ClN3O5. The zero-order valence-electron chi connectivity index (χ0n) is 18.5. The number of halogens is 1. The summed E-state index contributed by atoms with van der Waals surface area (Å²) in [5, 5.41) is 11.4. The number of amides is 1. The maximum atomic E-state index is 13.3. The smallest absolute Gasteiger partial charge is 0.302 e. The lowest BCUT2D eigenvalue weighted by atomic mass is 9.99. The Morgan fingerprint density at radius 1 is 1.15 bits per heavy atom. The number of hydrogen-bond donors (Lipinski definition) is 2. The minimum atomic E-state index is -1.06. The number of ketones is 1. The number of carbonyl (C=O) groups excluding carboxylic acids is 2. The average molecular weight is 478 g/mol. The third kappa shape index (κ3) is 3.43. The predicted molar refractivity (Wildman–Crippen MR) is 127 cm³/mol. The van der Waals surface area contributed by atoms with E-state index in [2.05, 4.69) is 9.97 Å². The lowest BCUT2D eigenvalue weighted by Gasteiger charge is -2.21. The maximum Gasteiger partial charge on any atom is 0.302 e. The molecule has 0 radical (unpaired) electrons. The molecule has 1 fully saturated rings. The number of imidazole rings is 1. The molecule has 1 aliphatic heterocycles. The van der Waals surface area contributed by atoms with E-state index < -0.39 is 23.5 Å². The van der Waals surface area contributed by atoms with Crippen LogP contribution in [0.4, 0.5) is 5.95 Å². The van der Waals surface area contributed by atoms with E-state index >= 15 is 0 Å². The van der Waals surface area contributed by atoms with Gasteiger partial charge >= 0.3 is 5.91 Å². The molecule has 1 unspecified atom stereocenters. The van der Waals surface area contributed by atoms with E-state index in [4.69, 9.17) is 20.8 Å². The topological polar surface area (TPSA) is 109 Å². The minimum Gasteiger partial charge on any atom is -0.507 e. The van der Waals surface area contributed by atoms with Gasteiger partial charge in [-0.1, -0.05) is 17.7 Å². The van der Waals surface area contributed by atoms with Crippen LogP contribution in [0.2, 0.25) is 5.02 Å². The van der Waals surface area contributed by atoms with Crippen molar-refractivity contribution in [3.63, 3.8) is 0 Å². The number of anilines is 1. The first-order chi connectivity index (χ1) is 16.3. The molecular weight excluding hydrogens is 458 g/mol. The van der Waals surface area contributed by atoms with Crippen molar-refractivity contribution in [2.24, 2.45) is 0 Å². The van der Waals surface area contributed by atoms with Crippen LogP contribution in [0.15, 0.2) is 58.5 Å². The Bertz CT molecular complexity index is 1500. The van der Waals surface area contributed by atoms with Crippen LogP contribution in [0.1, 0.15) is 28.7 Å². The molecule has 0 bridgehead atoms. The van der Waals surface area contributed by atoms with Gasteiger partial charge in [-0.05, 0) is 61.9 Å². The molecule has 2 aromatic carbocycles. The second-order valence-corrected chi connectivity index (χ2v) is 8.45. The highest BCUT2D eigenvalue weighted by Crippen LogP contribution is 2.43. The average Bonchev–Trinajstić information content (AvgIpc) is 3.49. The Morgan fingerprint density at radius 3 is 2.65 bits per heavy atom. The highest BCUT2D eigenvalue weighted by molar-refractivity contribution is 6.51. The number of aromatic nitrogens is 2. The summed E-state index contributed by atoms with van der Waals surface area (Å²) in [7, 11) is 1.47. The number of Topliss-reactive ketones (excluding diaryl/α,β-unsaturated/α-hetero) is 1. The number of aliphatic hydroxyl groups is 1. The molecule has 3 heterocycles. The van der Waals surface area contributed by atoms with Crippen LogP contribution < -0.4 is 9.64 Å². The van der Waals surface area contributed by atoms with Gasteiger partial charge in [-0.15, -0.1) is 0 Å². The Labute approximate surface area is 199 Å². The number of aromatic amines is 1. The minimum absolute atomic E-state index is 0.160. The van der Waals surface area contributed by atoms with E-state index in [1.165, 1.54) is 18.1 Å². The SMILES string of the molecule is COc1ccc(Cl)c(/C(O)=C2\C(=O)C(=O)N(c3nc4ccc(C)cc4[nH]3)C2c2ccc(C)o2)c1. The highest BCUT2D eigenvalue weighted by atomic mass is 35.5. The standard InChI is InChI=1S/C25H20ClN3O5/c1-12-4-8-17-18(10-12)28-25(27-17)29-21(19-9-5-13(2)34-19)20(23(31)24(29)32)22(30)15-11-14(33-3)6-7-16(15)26/h4-11,21,30H,1-3H3,(H,27,28)/b22-20+. The lowest BCUT2D eigenvalue weighted by molar-refractivity contribution is -0.132. The van der Waals surface area contributed by atoms with Crippen molar-refractivity contribution in [1.29, 1.82) is 0 Å². The molecule has 0 spiro atoms. The summed E-state index contributed by atoms with van der Waals surface area (Å²) in [6.07, 6.45) is 0. The van der Waals surface area contributed by atoms with E-state index in [1.807, 2.05) is 25.1 Å². The fourth-order valence-electron chi connectivity index (χ4n) is 4.10. The van der Waals surface area contributed by atoms with Crippen LogP contribution in [0.3, 0.4) is 0 Å². The van der Waals surface area contributed by atoms with Crippen molar-refractivity contribution < 1.29 is 23.8 Å². The molecule has 0 aliphatic carbocycles. The number of furan rings is 1. The Balaban J connectivity index is 1.74. The molecule has 2 N–H and O–H groups in total. The zero-order chi connectivity index (χ0) is 24.1. The van der Waals surface area contributed by atoms with Crippen LogP contribution in [0.5, 0.6) is 5.75 Å². The number of H-pyrrole nitrogens is 1.